The average molecular weight is 1010 g/mol. The number of fused-ring (bicyclic) bond motifs is 1. The van der Waals surface area contributed by atoms with Gasteiger partial charge in [0, 0.05) is 69.9 Å². The van der Waals surface area contributed by atoms with Crippen LogP contribution in [0.5, 0.6) is 0 Å². The van der Waals surface area contributed by atoms with Crippen LogP contribution < -0.4 is 20.9 Å². The third kappa shape index (κ3) is 11.9. The Balaban J connectivity index is 0.781. The number of aromatic nitrogens is 6. The molecule has 378 valence electrons. The summed E-state index contributed by atoms with van der Waals surface area (Å²) in [4.78, 5) is 70.2. The summed E-state index contributed by atoms with van der Waals surface area (Å²) in [6, 6.07) is 15.7. The van der Waals surface area contributed by atoms with Crippen LogP contribution in [0.3, 0.4) is 0 Å². The molecule has 6 aromatic rings. The molecule has 8 rings (SSSR count). The lowest BCUT2D eigenvalue weighted by Crippen LogP contribution is -2.57. The number of benzene rings is 1. The average Bonchev–Trinajstić information content (AvgIpc) is 4.19. The molecule has 7 heterocycles. The monoisotopic (exact) mass is 1010 g/mol. The van der Waals surface area contributed by atoms with Crippen LogP contribution in [-0.4, -0.2) is 125 Å². The van der Waals surface area contributed by atoms with Gasteiger partial charge in [0.05, 0.1) is 62.5 Å². The summed E-state index contributed by atoms with van der Waals surface area (Å²) in [5.41, 5.74) is 8.56. The van der Waals surface area contributed by atoms with Gasteiger partial charge in [-0.15, -0.1) is 21.5 Å². The van der Waals surface area contributed by atoms with Gasteiger partial charge in [0.2, 0.25) is 28.8 Å². The normalized spacial score (nSPS) is 17.0. The number of amides is 4. The van der Waals surface area contributed by atoms with Crippen LogP contribution in [0.25, 0.3) is 37.9 Å². The maximum Gasteiger partial charge on any atom is 0.246 e. The summed E-state index contributed by atoms with van der Waals surface area (Å²) < 4.78 is 1.77. The Kier molecular flexibility index (Phi) is 16.0. The van der Waals surface area contributed by atoms with Crippen molar-refractivity contribution in [1.29, 1.82) is 5.26 Å². The van der Waals surface area contributed by atoms with Crippen molar-refractivity contribution in [1.82, 2.24) is 50.2 Å². The number of pyridine rings is 1. The van der Waals surface area contributed by atoms with Gasteiger partial charge in [0.25, 0.3) is 0 Å². The number of hydrogen-bond donors (Lipinski definition) is 4. The minimum atomic E-state index is -0.919. The molecule has 2 fully saturated rings. The minimum absolute atomic E-state index is 0.00608. The highest BCUT2D eigenvalue weighted by Gasteiger charge is 2.44. The number of aliphatic hydroxyl groups is 1. The largest absolute Gasteiger partial charge is 0.391 e. The molecule has 2 aliphatic rings. The van der Waals surface area contributed by atoms with Gasteiger partial charge in [-0.05, 0) is 81.3 Å². The third-order valence-corrected chi connectivity index (χ3v) is 15.1. The number of rotatable bonds is 17. The third-order valence-electron chi connectivity index (χ3n) is 13.1. The van der Waals surface area contributed by atoms with E-state index in [1.807, 2.05) is 87.5 Å². The highest BCUT2D eigenvalue weighted by Crippen LogP contribution is 2.37. The zero-order valence-electron chi connectivity index (χ0n) is 41.9. The Morgan fingerprint density at radius 3 is 2.36 bits per heavy atom. The van der Waals surface area contributed by atoms with Crippen LogP contribution in [-0.2, 0) is 19.2 Å². The van der Waals surface area contributed by atoms with Crippen molar-refractivity contribution in [3.05, 3.63) is 83.3 Å². The van der Waals surface area contributed by atoms with Crippen molar-refractivity contribution in [2.75, 3.05) is 42.9 Å². The number of β-amino-alcohol motifs (C(OH)–C–C–N with tert-alkyl or cyclic N) is 1. The van der Waals surface area contributed by atoms with E-state index < -0.39 is 29.5 Å². The number of hydrogen-bond acceptors (Lipinski definition) is 15. The molecule has 5 aromatic heterocycles. The number of carbonyl (C=O) groups is 4. The maximum absolute atomic E-state index is 14.2. The molecular weight excluding hydrogens is 951 g/mol. The fourth-order valence-electron chi connectivity index (χ4n) is 9.20. The summed E-state index contributed by atoms with van der Waals surface area (Å²) in [6.45, 7) is 15.9. The van der Waals surface area contributed by atoms with Crippen molar-refractivity contribution in [2.45, 2.75) is 117 Å². The fourth-order valence-corrected chi connectivity index (χ4v) is 10.9. The number of anilines is 2. The number of piperazine rings is 1. The fraction of sp³-hybridized carbons (Fsp3) is 0.462. The zero-order valence-corrected chi connectivity index (χ0v) is 43.5. The standard InChI is InChI=1S/C52H63N13O5S2/c1-31(2)57-40-25-41(42-18-17-37-23-34(26-53)27-56-65(37)42)54-28-39(40)49-60-61-51(72-49)63-21-19-62(20-22-63)45(68)12-10-8-9-11-44(67)59-47(52(5,6)7)50(70)64-29-38(66)24-43(64)48(69)58-32(3)35-13-15-36(16-14-35)46-33(4)55-30-71-46/h13-18,23,25,27-28,30-32,38,43,47,66H,8-12,19-22,24,29H2,1-7H3,(H,54,57)(H,58,69)(H,59,67)/t32?,38-,43+,47?/m1/s1. The van der Waals surface area contributed by atoms with Crippen LogP contribution in [0.4, 0.5) is 10.8 Å². The molecule has 4 amide bonds. The quantitative estimate of drug-likeness (QED) is 0.0676. The molecule has 72 heavy (non-hydrogen) atoms. The Labute approximate surface area is 427 Å². The van der Waals surface area contributed by atoms with Gasteiger partial charge in [-0.25, -0.2) is 9.50 Å². The Hall–Kier alpha value is -6.82. The van der Waals surface area contributed by atoms with Gasteiger partial charge in [-0.3, -0.25) is 24.2 Å². The van der Waals surface area contributed by atoms with Gasteiger partial charge in [0.1, 0.15) is 18.2 Å². The van der Waals surface area contributed by atoms with E-state index in [-0.39, 0.29) is 49.2 Å². The van der Waals surface area contributed by atoms with Gasteiger partial charge >= 0.3 is 0 Å². The van der Waals surface area contributed by atoms with Gasteiger partial charge < -0.3 is 35.8 Å². The van der Waals surface area contributed by atoms with E-state index in [0.29, 0.717) is 57.4 Å². The molecule has 20 heteroatoms. The molecule has 2 aliphatic heterocycles. The molecule has 4 N–H and O–H groups in total. The number of thiazole rings is 1. The van der Waals surface area contributed by atoms with Crippen molar-refractivity contribution in [3.8, 4) is 38.5 Å². The second kappa shape index (κ2) is 22.3. The van der Waals surface area contributed by atoms with Crippen molar-refractivity contribution in [2.24, 2.45) is 5.41 Å². The zero-order chi connectivity index (χ0) is 51.3. The molecule has 0 saturated carbocycles. The van der Waals surface area contributed by atoms with Crippen LogP contribution in [0.15, 0.2) is 66.4 Å². The summed E-state index contributed by atoms with van der Waals surface area (Å²) in [7, 11) is 0. The molecule has 2 saturated heterocycles. The number of aliphatic hydroxyl groups excluding tert-OH is 1. The smallest absolute Gasteiger partial charge is 0.246 e. The second-order valence-electron chi connectivity index (χ2n) is 20.0. The summed E-state index contributed by atoms with van der Waals surface area (Å²) in [5, 5.41) is 44.6. The first kappa shape index (κ1) is 51.5. The van der Waals surface area contributed by atoms with E-state index in [1.165, 1.54) is 22.4 Å². The first-order valence-electron chi connectivity index (χ1n) is 24.6. The molecule has 1 aromatic carbocycles. The highest BCUT2D eigenvalue weighted by atomic mass is 32.1. The predicted molar refractivity (Wildman–Crippen MR) is 279 cm³/mol. The van der Waals surface area contributed by atoms with Crippen LogP contribution in [0, 0.1) is 23.7 Å². The number of nitriles is 1. The maximum atomic E-state index is 14.2. The van der Waals surface area contributed by atoms with Crippen LogP contribution >= 0.6 is 22.7 Å². The molecule has 0 bridgehead atoms. The van der Waals surface area contributed by atoms with Crippen molar-refractivity contribution >= 4 is 62.6 Å². The number of carbonyl (C=O) groups excluding carboxylic acids is 4. The molecule has 0 aliphatic carbocycles. The molecule has 2 unspecified atom stereocenters. The number of likely N-dealkylation sites (tertiary alicyclic amines) is 1. The lowest BCUT2D eigenvalue weighted by Gasteiger charge is -2.35. The molecule has 0 spiro atoms. The highest BCUT2D eigenvalue weighted by molar-refractivity contribution is 7.18. The molecule has 4 atom stereocenters. The SMILES string of the molecule is Cc1ncsc1-c1ccc(C(C)NC(=O)[C@@H]2C[C@@H](O)CN2C(=O)C(NC(=O)CCCCCC(=O)N2CCN(c3nnc(-c4cnc(-c5ccc6cc(C#N)cnn56)cc4NC(C)C)s3)CC2)C(C)(C)C)cc1. The Morgan fingerprint density at radius 1 is 0.917 bits per heavy atom. The molecular formula is C52H63N13O5S2. The van der Waals surface area contributed by atoms with Crippen molar-refractivity contribution in [3.63, 3.8) is 0 Å². The number of aryl methyl sites for hydroxylation is 1. The Morgan fingerprint density at radius 2 is 1.67 bits per heavy atom. The van der Waals surface area contributed by atoms with Crippen LogP contribution in [0.1, 0.15) is 103 Å². The van der Waals surface area contributed by atoms with E-state index in [0.717, 1.165) is 60.0 Å². The van der Waals surface area contributed by atoms with Gasteiger partial charge in [0.15, 0.2) is 5.01 Å². The summed E-state index contributed by atoms with van der Waals surface area (Å²) >= 11 is 3.06. The topological polar surface area (TPSA) is 227 Å². The Bertz CT molecular complexity index is 2950. The van der Waals surface area contributed by atoms with Gasteiger partial charge in [-0.1, -0.05) is 62.8 Å². The van der Waals surface area contributed by atoms with Gasteiger partial charge in [-0.2, -0.15) is 10.4 Å². The first-order chi connectivity index (χ1) is 34.5. The van der Waals surface area contributed by atoms with E-state index in [4.69, 9.17) is 4.98 Å². The van der Waals surface area contributed by atoms with Crippen molar-refractivity contribution < 1.29 is 24.3 Å². The lowest BCUT2D eigenvalue weighted by molar-refractivity contribution is -0.144. The predicted octanol–water partition coefficient (Wildman–Crippen LogP) is 7.01. The minimum Gasteiger partial charge on any atom is -0.391 e. The van der Waals surface area contributed by atoms with E-state index in [1.54, 1.807) is 28.1 Å². The first-order valence-corrected chi connectivity index (χ1v) is 26.3. The van der Waals surface area contributed by atoms with E-state index in [9.17, 15) is 29.5 Å². The summed E-state index contributed by atoms with van der Waals surface area (Å²) in [5.74, 6) is -0.974. The van der Waals surface area contributed by atoms with E-state index in [2.05, 4.69) is 61.0 Å². The van der Waals surface area contributed by atoms with Crippen LogP contribution in [0.2, 0.25) is 0 Å². The number of nitrogens with zero attached hydrogens (tertiary/aromatic N) is 10. The van der Waals surface area contributed by atoms with E-state index >= 15 is 0 Å². The summed E-state index contributed by atoms with van der Waals surface area (Å²) in [6.07, 6.45) is 4.96. The lowest BCUT2D eigenvalue weighted by atomic mass is 9.85. The second-order valence-corrected chi connectivity index (χ2v) is 21.8. The molecule has 18 nitrogen and oxygen atoms in total. The number of unbranched alkanes of at least 4 members (excludes halogenated alkanes) is 2. The number of nitrogens with one attached hydrogen (secondary N) is 3. The molecule has 0 radical (unpaired) electrons.